The molecular weight excluding hydrogens is 300 g/mol. The number of halogens is 1. The van der Waals surface area contributed by atoms with E-state index in [4.69, 9.17) is 0 Å². The van der Waals surface area contributed by atoms with Crippen molar-refractivity contribution < 1.29 is 13.2 Å². The van der Waals surface area contributed by atoms with Crippen molar-refractivity contribution in [3.05, 3.63) is 29.8 Å². The number of hydrogen-bond acceptors (Lipinski definition) is 4. The van der Waals surface area contributed by atoms with Crippen molar-refractivity contribution in [2.24, 2.45) is 0 Å². The summed E-state index contributed by atoms with van der Waals surface area (Å²) in [5.41, 5.74) is 0.216. The third-order valence-electron chi connectivity index (χ3n) is 2.74. The second kappa shape index (κ2) is 8.94. The largest absolute Gasteiger partial charge is 0.352 e. The molecule has 5 nitrogen and oxygen atoms in total. The van der Waals surface area contributed by atoms with Gasteiger partial charge in [0, 0.05) is 6.54 Å². The van der Waals surface area contributed by atoms with Gasteiger partial charge in [-0.1, -0.05) is 19.1 Å². The van der Waals surface area contributed by atoms with E-state index in [9.17, 15) is 13.2 Å². The average Bonchev–Trinajstić information content (AvgIpc) is 2.43. The van der Waals surface area contributed by atoms with Crippen molar-refractivity contribution in [3.63, 3.8) is 0 Å². The highest BCUT2D eigenvalue weighted by Gasteiger charge is 2.19. The van der Waals surface area contributed by atoms with Gasteiger partial charge in [-0.15, -0.1) is 12.4 Å². The van der Waals surface area contributed by atoms with Crippen LogP contribution in [0.15, 0.2) is 29.2 Å². The number of rotatable bonds is 7. The third-order valence-corrected chi connectivity index (χ3v) is 4.52. The lowest BCUT2D eigenvalue weighted by molar-refractivity contribution is 0.0950. The van der Waals surface area contributed by atoms with Crippen LogP contribution in [0.3, 0.4) is 0 Å². The Morgan fingerprint density at radius 3 is 2.45 bits per heavy atom. The van der Waals surface area contributed by atoms with Gasteiger partial charge in [-0.3, -0.25) is 4.79 Å². The van der Waals surface area contributed by atoms with Crippen molar-refractivity contribution in [1.82, 2.24) is 10.6 Å². The molecule has 114 valence electrons. The molecule has 0 aliphatic carbocycles. The lowest BCUT2D eigenvalue weighted by atomic mass is 10.2. The number of hydrogen-bond donors (Lipinski definition) is 2. The van der Waals surface area contributed by atoms with E-state index in [2.05, 4.69) is 10.6 Å². The zero-order valence-corrected chi connectivity index (χ0v) is 13.3. The Morgan fingerprint density at radius 1 is 1.20 bits per heavy atom. The Labute approximate surface area is 126 Å². The van der Waals surface area contributed by atoms with Crippen molar-refractivity contribution >= 4 is 28.2 Å². The highest BCUT2D eigenvalue weighted by Crippen LogP contribution is 2.16. The summed E-state index contributed by atoms with van der Waals surface area (Å²) in [4.78, 5) is 12.1. The molecule has 0 heterocycles. The lowest BCUT2D eigenvalue weighted by Crippen LogP contribution is -2.28. The SMILES string of the molecule is CCS(=O)(=O)c1ccccc1C(=O)NCCCNC.Cl. The Bertz CT molecular complexity index is 532. The van der Waals surface area contributed by atoms with Gasteiger partial charge in [-0.05, 0) is 32.1 Å². The van der Waals surface area contributed by atoms with Crippen LogP contribution in [0, 0.1) is 0 Å². The summed E-state index contributed by atoms with van der Waals surface area (Å²) in [6, 6.07) is 6.30. The zero-order valence-electron chi connectivity index (χ0n) is 11.7. The van der Waals surface area contributed by atoms with E-state index >= 15 is 0 Å². The van der Waals surface area contributed by atoms with E-state index in [0.29, 0.717) is 6.54 Å². The molecule has 0 saturated heterocycles. The number of carbonyl (C=O) groups excluding carboxylic acids is 1. The lowest BCUT2D eigenvalue weighted by Gasteiger charge is -2.09. The quantitative estimate of drug-likeness (QED) is 0.741. The molecule has 0 atom stereocenters. The second-order valence-corrected chi connectivity index (χ2v) is 6.36. The van der Waals surface area contributed by atoms with Gasteiger partial charge in [0.25, 0.3) is 5.91 Å². The standard InChI is InChI=1S/C13H20N2O3S.ClH/c1-3-19(17,18)12-8-5-4-7-11(12)13(16)15-10-6-9-14-2;/h4-5,7-8,14H,3,6,9-10H2,1-2H3,(H,15,16);1H. The van der Waals surface area contributed by atoms with E-state index in [0.717, 1.165) is 13.0 Å². The van der Waals surface area contributed by atoms with Crippen molar-refractivity contribution in [2.75, 3.05) is 25.9 Å². The average molecular weight is 321 g/mol. The maximum atomic E-state index is 12.0. The molecule has 0 spiro atoms. The van der Waals surface area contributed by atoms with Crippen molar-refractivity contribution in [3.8, 4) is 0 Å². The van der Waals surface area contributed by atoms with E-state index in [1.165, 1.54) is 12.1 Å². The summed E-state index contributed by atoms with van der Waals surface area (Å²) >= 11 is 0. The van der Waals surface area contributed by atoms with Crippen LogP contribution < -0.4 is 10.6 Å². The van der Waals surface area contributed by atoms with Crippen LogP contribution in [0.5, 0.6) is 0 Å². The fourth-order valence-corrected chi connectivity index (χ4v) is 2.74. The van der Waals surface area contributed by atoms with Crippen molar-refractivity contribution in [2.45, 2.75) is 18.2 Å². The van der Waals surface area contributed by atoms with Crippen LogP contribution in [0.25, 0.3) is 0 Å². The number of nitrogens with one attached hydrogen (secondary N) is 2. The van der Waals surface area contributed by atoms with Crippen molar-refractivity contribution in [1.29, 1.82) is 0 Å². The van der Waals surface area contributed by atoms with Gasteiger partial charge in [0.1, 0.15) is 0 Å². The Kier molecular flexibility index (Phi) is 8.45. The molecule has 20 heavy (non-hydrogen) atoms. The van der Waals surface area contributed by atoms with Gasteiger partial charge in [0.2, 0.25) is 0 Å². The van der Waals surface area contributed by atoms with Gasteiger partial charge >= 0.3 is 0 Å². The Morgan fingerprint density at radius 2 is 1.85 bits per heavy atom. The minimum absolute atomic E-state index is 0. The van der Waals surface area contributed by atoms with Crippen LogP contribution in [0.4, 0.5) is 0 Å². The molecule has 0 aromatic heterocycles. The minimum atomic E-state index is -3.38. The summed E-state index contributed by atoms with van der Waals surface area (Å²) in [6.45, 7) is 2.88. The molecule has 2 N–H and O–H groups in total. The molecule has 0 radical (unpaired) electrons. The molecule has 1 rings (SSSR count). The van der Waals surface area contributed by atoms with Crippen LogP contribution in [-0.4, -0.2) is 40.2 Å². The third kappa shape index (κ3) is 5.11. The molecule has 0 bridgehead atoms. The van der Waals surface area contributed by atoms with Gasteiger partial charge in [-0.25, -0.2) is 8.42 Å². The van der Waals surface area contributed by atoms with E-state index in [-0.39, 0.29) is 34.5 Å². The van der Waals surface area contributed by atoms with Gasteiger partial charge < -0.3 is 10.6 Å². The highest BCUT2D eigenvalue weighted by molar-refractivity contribution is 7.91. The molecule has 1 amide bonds. The highest BCUT2D eigenvalue weighted by atomic mass is 35.5. The fraction of sp³-hybridized carbons (Fsp3) is 0.462. The van der Waals surface area contributed by atoms with Gasteiger partial charge in [-0.2, -0.15) is 0 Å². The smallest absolute Gasteiger partial charge is 0.252 e. The second-order valence-electron chi connectivity index (χ2n) is 4.11. The number of benzene rings is 1. The predicted octanol–water partition coefficient (Wildman–Crippen LogP) is 1.24. The molecule has 0 aliphatic heterocycles. The number of carbonyl (C=O) groups is 1. The topological polar surface area (TPSA) is 75.3 Å². The molecule has 0 aliphatic rings. The molecule has 0 fully saturated rings. The summed E-state index contributed by atoms with van der Waals surface area (Å²) in [5, 5.41) is 5.71. The van der Waals surface area contributed by atoms with Gasteiger partial charge in [0.05, 0.1) is 16.2 Å². The monoisotopic (exact) mass is 320 g/mol. The molecule has 0 unspecified atom stereocenters. The Balaban J connectivity index is 0.00000361. The normalized spacial score (nSPS) is 10.7. The zero-order chi connectivity index (χ0) is 14.3. The summed E-state index contributed by atoms with van der Waals surface area (Å²) < 4.78 is 23.8. The van der Waals surface area contributed by atoms with E-state index in [1.807, 2.05) is 7.05 Å². The van der Waals surface area contributed by atoms with E-state index < -0.39 is 9.84 Å². The molecule has 1 aromatic carbocycles. The van der Waals surface area contributed by atoms with Crippen LogP contribution in [-0.2, 0) is 9.84 Å². The summed E-state index contributed by atoms with van der Waals surface area (Å²) in [5.74, 6) is -0.361. The predicted molar refractivity (Wildman–Crippen MR) is 82.3 cm³/mol. The maximum absolute atomic E-state index is 12.0. The first kappa shape index (κ1) is 18.9. The number of sulfone groups is 1. The summed E-state index contributed by atoms with van der Waals surface area (Å²) in [7, 11) is -1.54. The first-order valence-corrected chi connectivity index (χ1v) is 7.92. The minimum Gasteiger partial charge on any atom is -0.352 e. The molecular formula is C13H21ClN2O3S. The molecule has 1 aromatic rings. The first-order chi connectivity index (χ1) is 9.03. The van der Waals surface area contributed by atoms with Gasteiger partial charge in [0.15, 0.2) is 9.84 Å². The van der Waals surface area contributed by atoms with Crippen LogP contribution >= 0.6 is 12.4 Å². The van der Waals surface area contributed by atoms with Crippen LogP contribution in [0.2, 0.25) is 0 Å². The summed E-state index contributed by atoms with van der Waals surface area (Å²) in [6.07, 6.45) is 0.797. The molecule has 0 saturated carbocycles. The Hall–Kier alpha value is -1.11. The van der Waals surface area contributed by atoms with E-state index in [1.54, 1.807) is 19.1 Å². The van der Waals surface area contributed by atoms with Crippen LogP contribution in [0.1, 0.15) is 23.7 Å². The fourth-order valence-electron chi connectivity index (χ4n) is 1.64. The molecule has 7 heteroatoms. The first-order valence-electron chi connectivity index (χ1n) is 6.27. The number of amides is 1. The maximum Gasteiger partial charge on any atom is 0.252 e.